The van der Waals surface area contributed by atoms with Gasteiger partial charge in [-0.15, -0.1) is 0 Å². The molecule has 0 bridgehead atoms. The van der Waals surface area contributed by atoms with E-state index in [1.807, 2.05) is 6.26 Å². The fraction of sp³-hybridized carbons (Fsp3) is 1.00. The van der Waals surface area contributed by atoms with Crippen LogP contribution in [0.2, 0.25) is 0 Å². The van der Waals surface area contributed by atoms with Crippen molar-refractivity contribution in [2.45, 2.75) is 13.8 Å². The molecule has 0 saturated heterocycles. The third-order valence-electron chi connectivity index (χ3n) is 1.25. The van der Waals surface area contributed by atoms with Crippen LogP contribution in [0, 0.1) is 0 Å². The molecule has 0 aromatic heterocycles. The summed E-state index contributed by atoms with van der Waals surface area (Å²) in [5.74, 6) is 0. The van der Waals surface area contributed by atoms with E-state index in [9.17, 15) is 0 Å². The Morgan fingerprint density at radius 2 is 1.89 bits per heavy atom. The first-order valence-corrected chi connectivity index (χ1v) is 4.38. The lowest BCUT2D eigenvalue weighted by Crippen LogP contribution is -2.24. The van der Waals surface area contributed by atoms with Gasteiger partial charge in [0, 0.05) is 6.26 Å². The largest absolute Gasteiger partial charge is 0.300 e. The van der Waals surface area contributed by atoms with Crippen LogP contribution in [0.3, 0.4) is 0 Å². The van der Waals surface area contributed by atoms with Gasteiger partial charge in [0.2, 0.25) is 0 Å². The summed E-state index contributed by atoms with van der Waals surface area (Å²) in [5.41, 5.74) is 0. The van der Waals surface area contributed by atoms with Crippen molar-refractivity contribution in [1.29, 1.82) is 0 Å². The molecule has 0 spiro atoms. The molecule has 0 aromatic rings. The summed E-state index contributed by atoms with van der Waals surface area (Å²) in [6.07, 6.45) is 1.93. The number of nitrogens with zero attached hydrogens (tertiary/aromatic N) is 1. The Morgan fingerprint density at radius 3 is 2.22 bits per heavy atom. The molecule has 56 valence electrons. The van der Waals surface area contributed by atoms with Crippen molar-refractivity contribution in [3.8, 4) is 0 Å². The molecule has 0 atom stereocenters. The molecule has 0 saturated carbocycles. The van der Waals surface area contributed by atoms with E-state index in [0.717, 1.165) is 19.8 Å². The zero-order valence-electron chi connectivity index (χ0n) is 6.39. The Labute approximate surface area is 61.8 Å². The van der Waals surface area contributed by atoms with Crippen LogP contribution in [0.15, 0.2) is 0 Å². The second kappa shape index (κ2) is 6.39. The maximum atomic E-state index is 5.12. The molecule has 0 aromatic carbocycles. The van der Waals surface area contributed by atoms with E-state index < -0.39 is 0 Å². The molecule has 0 rings (SSSR count). The van der Waals surface area contributed by atoms with Gasteiger partial charge in [0.25, 0.3) is 0 Å². The van der Waals surface area contributed by atoms with Gasteiger partial charge in [-0.3, -0.25) is 4.90 Å². The summed E-state index contributed by atoms with van der Waals surface area (Å²) in [4.78, 5) is 2.22. The molecule has 0 aliphatic heterocycles. The van der Waals surface area contributed by atoms with Crippen molar-refractivity contribution in [1.82, 2.24) is 4.90 Å². The molecule has 0 amide bonds. The first kappa shape index (κ1) is 9.27. The fourth-order valence-electron chi connectivity index (χ4n) is 0.533. The predicted molar refractivity (Wildman–Crippen MR) is 42.4 cm³/mol. The van der Waals surface area contributed by atoms with Gasteiger partial charge >= 0.3 is 0 Å². The van der Waals surface area contributed by atoms with Crippen LogP contribution in [-0.4, -0.2) is 31.0 Å². The topological polar surface area (TPSA) is 12.5 Å². The van der Waals surface area contributed by atoms with Crippen molar-refractivity contribution in [3.05, 3.63) is 0 Å². The normalized spacial score (nSPS) is 10.7. The first-order valence-electron chi connectivity index (χ1n) is 3.23. The van der Waals surface area contributed by atoms with Gasteiger partial charge < -0.3 is 4.18 Å². The number of hydrogen-bond acceptors (Lipinski definition) is 3. The standard InChI is InChI=1S/C6H15NOS/c1-4-7(5-2)6-8-9-3/h4-6H2,1-3H3. The van der Waals surface area contributed by atoms with Gasteiger partial charge in [0.05, 0.1) is 0 Å². The zero-order chi connectivity index (χ0) is 7.11. The molecule has 3 heteroatoms. The van der Waals surface area contributed by atoms with Crippen molar-refractivity contribution >= 4 is 12.0 Å². The van der Waals surface area contributed by atoms with Gasteiger partial charge in [-0.1, -0.05) is 13.8 Å². The summed E-state index contributed by atoms with van der Waals surface area (Å²) < 4.78 is 5.12. The van der Waals surface area contributed by atoms with E-state index in [-0.39, 0.29) is 0 Å². The van der Waals surface area contributed by atoms with Crippen molar-refractivity contribution < 1.29 is 4.18 Å². The summed E-state index contributed by atoms with van der Waals surface area (Å²) >= 11 is 1.42. The lowest BCUT2D eigenvalue weighted by Gasteiger charge is -2.15. The number of rotatable bonds is 5. The number of hydrogen-bond donors (Lipinski definition) is 0. The average Bonchev–Trinajstić information content (AvgIpc) is 1.91. The van der Waals surface area contributed by atoms with Crippen molar-refractivity contribution in [3.63, 3.8) is 0 Å². The summed E-state index contributed by atoms with van der Waals surface area (Å²) in [7, 11) is 0. The summed E-state index contributed by atoms with van der Waals surface area (Å²) in [5, 5.41) is 0. The minimum Gasteiger partial charge on any atom is -0.300 e. The van der Waals surface area contributed by atoms with Crippen LogP contribution in [-0.2, 0) is 4.18 Å². The maximum absolute atomic E-state index is 5.12. The Morgan fingerprint density at radius 1 is 1.33 bits per heavy atom. The molecule has 0 unspecified atom stereocenters. The molecule has 0 heterocycles. The van der Waals surface area contributed by atoms with E-state index in [0.29, 0.717) is 0 Å². The third kappa shape index (κ3) is 4.75. The molecule has 0 radical (unpaired) electrons. The van der Waals surface area contributed by atoms with E-state index in [4.69, 9.17) is 4.18 Å². The Balaban J connectivity index is 3.09. The van der Waals surface area contributed by atoms with Gasteiger partial charge in [0.1, 0.15) is 6.73 Å². The van der Waals surface area contributed by atoms with Gasteiger partial charge in [-0.2, -0.15) is 0 Å². The third-order valence-corrected chi connectivity index (χ3v) is 1.59. The van der Waals surface area contributed by atoms with Gasteiger partial charge in [-0.25, -0.2) is 0 Å². The van der Waals surface area contributed by atoms with E-state index >= 15 is 0 Å². The van der Waals surface area contributed by atoms with Crippen LogP contribution in [0.4, 0.5) is 0 Å². The molecular weight excluding hydrogens is 134 g/mol. The van der Waals surface area contributed by atoms with Crippen molar-refractivity contribution in [2.75, 3.05) is 26.1 Å². The molecular formula is C6H15NOS. The van der Waals surface area contributed by atoms with Gasteiger partial charge in [0.15, 0.2) is 0 Å². The van der Waals surface area contributed by atoms with E-state index in [1.165, 1.54) is 12.0 Å². The molecule has 0 aliphatic carbocycles. The zero-order valence-corrected chi connectivity index (χ0v) is 7.20. The minimum absolute atomic E-state index is 0.744. The Hall–Kier alpha value is 0.270. The molecule has 0 fully saturated rings. The Kier molecular flexibility index (Phi) is 6.58. The lowest BCUT2D eigenvalue weighted by molar-refractivity contribution is 0.160. The second-order valence-corrected chi connectivity index (χ2v) is 2.29. The predicted octanol–water partition coefficient (Wildman–Crippen LogP) is 1.58. The van der Waals surface area contributed by atoms with Crippen molar-refractivity contribution in [2.24, 2.45) is 0 Å². The highest BCUT2D eigenvalue weighted by Crippen LogP contribution is 1.96. The maximum Gasteiger partial charge on any atom is 0.114 e. The SMILES string of the molecule is CCN(CC)COSC. The van der Waals surface area contributed by atoms with Crippen LogP contribution in [0.1, 0.15) is 13.8 Å². The first-order chi connectivity index (χ1) is 4.35. The highest BCUT2D eigenvalue weighted by molar-refractivity contribution is 7.93. The second-order valence-electron chi connectivity index (χ2n) is 1.72. The molecule has 2 nitrogen and oxygen atoms in total. The molecule has 9 heavy (non-hydrogen) atoms. The lowest BCUT2D eigenvalue weighted by atomic mass is 10.6. The van der Waals surface area contributed by atoms with E-state index in [1.54, 1.807) is 0 Å². The highest BCUT2D eigenvalue weighted by atomic mass is 32.2. The summed E-state index contributed by atoms with van der Waals surface area (Å²) in [6, 6.07) is 0. The quantitative estimate of drug-likeness (QED) is 0.435. The van der Waals surface area contributed by atoms with Crippen LogP contribution in [0.5, 0.6) is 0 Å². The van der Waals surface area contributed by atoms with Crippen LogP contribution < -0.4 is 0 Å². The van der Waals surface area contributed by atoms with Gasteiger partial charge in [-0.05, 0) is 25.1 Å². The monoisotopic (exact) mass is 149 g/mol. The van der Waals surface area contributed by atoms with Crippen LogP contribution >= 0.6 is 12.0 Å². The van der Waals surface area contributed by atoms with E-state index in [2.05, 4.69) is 18.7 Å². The minimum atomic E-state index is 0.744. The smallest absolute Gasteiger partial charge is 0.114 e. The molecule has 0 aliphatic rings. The fourth-order valence-corrected chi connectivity index (χ4v) is 0.788. The molecule has 0 N–H and O–H groups in total. The highest BCUT2D eigenvalue weighted by Gasteiger charge is 1.95. The van der Waals surface area contributed by atoms with Crippen LogP contribution in [0.25, 0.3) is 0 Å². The summed E-state index contributed by atoms with van der Waals surface area (Å²) in [6.45, 7) is 7.14. The average molecular weight is 149 g/mol. The Bertz CT molecular complexity index is 57.0.